The molecule has 0 bridgehead atoms. The number of nitrogens with zero attached hydrogens (tertiary/aromatic N) is 3. The fraction of sp³-hybridized carbons (Fsp3) is 0.381. The Morgan fingerprint density at radius 1 is 1.00 bits per heavy atom. The van der Waals surface area contributed by atoms with Crippen molar-refractivity contribution in [3.8, 4) is 10.6 Å². The zero-order chi connectivity index (χ0) is 19.9. The van der Waals surface area contributed by atoms with E-state index in [0.29, 0.717) is 6.54 Å². The number of rotatable bonds is 7. The van der Waals surface area contributed by atoms with Crippen LogP contribution in [0.5, 0.6) is 0 Å². The average Bonchev–Trinajstić information content (AvgIpc) is 3.22. The van der Waals surface area contributed by atoms with Crippen LogP contribution in [0.15, 0.2) is 35.3 Å². The molecule has 2 N–H and O–H groups in total. The van der Waals surface area contributed by atoms with Crippen LogP contribution < -0.4 is 10.6 Å². The molecule has 0 amide bonds. The number of aromatic nitrogens is 2. The van der Waals surface area contributed by atoms with Crippen LogP contribution in [0.4, 0.5) is 0 Å². The number of aryl methyl sites for hydroxylation is 3. The lowest BCUT2D eigenvalue weighted by Gasteiger charge is -2.10. The van der Waals surface area contributed by atoms with Crippen LogP contribution >= 0.6 is 22.7 Å². The van der Waals surface area contributed by atoms with Crippen molar-refractivity contribution in [3.63, 3.8) is 0 Å². The van der Waals surface area contributed by atoms with E-state index in [2.05, 4.69) is 55.4 Å². The molecule has 5 nitrogen and oxygen atoms in total. The number of benzene rings is 1. The fourth-order valence-electron chi connectivity index (χ4n) is 2.71. The Balaban J connectivity index is 1.61. The zero-order valence-corrected chi connectivity index (χ0v) is 18.5. The highest BCUT2D eigenvalue weighted by molar-refractivity contribution is 7.15. The minimum atomic E-state index is 0.626. The Kier molecular flexibility index (Phi) is 7.17. The van der Waals surface area contributed by atoms with E-state index in [9.17, 15) is 0 Å². The van der Waals surface area contributed by atoms with Crippen LogP contribution in [-0.2, 0) is 13.0 Å². The quantitative estimate of drug-likeness (QED) is 0.442. The predicted molar refractivity (Wildman–Crippen MR) is 120 cm³/mol. The summed E-state index contributed by atoms with van der Waals surface area (Å²) in [5.41, 5.74) is 3.34. The molecule has 3 aromatic rings. The van der Waals surface area contributed by atoms with Gasteiger partial charge in [0.05, 0.1) is 22.9 Å². The molecule has 0 saturated heterocycles. The molecule has 28 heavy (non-hydrogen) atoms. The summed E-state index contributed by atoms with van der Waals surface area (Å²) in [7, 11) is 0. The van der Waals surface area contributed by atoms with Crippen molar-refractivity contribution in [1.29, 1.82) is 0 Å². The Morgan fingerprint density at radius 3 is 2.46 bits per heavy atom. The van der Waals surface area contributed by atoms with Gasteiger partial charge in [-0.25, -0.2) is 15.0 Å². The summed E-state index contributed by atoms with van der Waals surface area (Å²) in [5.74, 6) is 0.835. The highest BCUT2D eigenvalue weighted by Crippen LogP contribution is 2.28. The van der Waals surface area contributed by atoms with Gasteiger partial charge in [0, 0.05) is 34.8 Å². The lowest BCUT2D eigenvalue weighted by molar-refractivity contribution is 0.796. The summed E-state index contributed by atoms with van der Waals surface area (Å²) in [6.07, 6.45) is 0.904. The van der Waals surface area contributed by atoms with Crippen LogP contribution in [0.2, 0.25) is 0 Å². The van der Waals surface area contributed by atoms with Crippen molar-refractivity contribution in [2.75, 3.05) is 13.1 Å². The largest absolute Gasteiger partial charge is 0.357 e. The van der Waals surface area contributed by atoms with Gasteiger partial charge in [0.2, 0.25) is 0 Å². The second kappa shape index (κ2) is 9.80. The Labute approximate surface area is 175 Å². The van der Waals surface area contributed by atoms with Gasteiger partial charge in [0.15, 0.2) is 5.96 Å². The molecule has 0 aliphatic rings. The van der Waals surface area contributed by atoms with E-state index in [-0.39, 0.29) is 0 Å². The van der Waals surface area contributed by atoms with E-state index < -0.39 is 0 Å². The summed E-state index contributed by atoms with van der Waals surface area (Å²) >= 11 is 3.49. The summed E-state index contributed by atoms with van der Waals surface area (Å²) < 4.78 is 0. The first-order valence-corrected chi connectivity index (χ1v) is 11.2. The third-order valence-corrected chi connectivity index (χ3v) is 6.67. The van der Waals surface area contributed by atoms with Crippen LogP contribution in [0.1, 0.15) is 33.1 Å². The van der Waals surface area contributed by atoms with Gasteiger partial charge in [-0.2, -0.15) is 0 Å². The van der Waals surface area contributed by atoms with E-state index in [1.54, 1.807) is 22.7 Å². The summed E-state index contributed by atoms with van der Waals surface area (Å²) in [5, 5.41) is 8.96. The second-order valence-electron chi connectivity index (χ2n) is 6.51. The van der Waals surface area contributed by atoms with Gasteiger partial charge < -0.3 is 10.6 Å². The maximum Gasteiger partial charge on any atom is 0.191 e. The molecule has 0 unspecified atom stereocenters. The molecule has 0 fully saturated rings. The minimum Gasteiger partial charge on any atom is -0.357 e. The molecule has 0 radical (unpaired) electrons. The molecule has 148 valence electrons. The first-order chi connectivity index (χ1) is 13.6. The topological polar surface area (TPSA) is 62.2 Å². The lowest BCUT2D eigenvalue weighted by Crippen LogP contribution is -2.38. The Morgan fingerprint density at radius 2 is 1.79 bits per heavy atom. The molecule has 1 aromatic carbocycles. The van der Waals surface area contributed by atoms with Crippen molar-refractivity contribution in [1.82, 2.24) is 20.6 Å². The smallest absolute Gasteiger partial charge is 0.191 e. The van der Waals surface area contributed by atoms with E-state index in [1.165, 1.54) is 14.8 Å². The summed E-state index contributed by atoms with van der Waals surface area (Å²) in [6.45, 7) is 10.6. The molecular weight excluding hydrogens is 386 g/mol. The van der Waals surface area contributed by atoms with Crippen LogP contribution in [0, 0.1) is 20.8 Å². The van der Waals surface area contributed by atoms with Gasteiger partial charge in [0.25, 0.3) is 0 Å². The van der Waals surface area contributed by atoms with Gasteiger partial charge in [-0.15, -0.1) is 22.7 Å². The van der Waals surface area contributed by atoms with Crippen molar-refractivity contribution in [2.45, 2.75) is 40.7 Å². The molecular formula is C21H27N5S2. The summed E-state index contributed by atoms with van der Waals surface area (Å²) in [4.78, 5) is 16.6. The number of hydrogen-bond donors (Lipinski definition) is 2. The fourth-order valence-corrected chi connectivity index (χ4v) is 4.63. The standard InChI is InChI=1S/C21H27N5S2/c1-5-22-21(23-12-11-19-25-14(2)16(4)27-19)24-13-18-15(3)26-20(28-18)17-9-7-6-8-10-17/h6-10H,5,11-13H2,1-4H3,(H2,22,23,24). The van der Waals surface area contributed by atoms with Gasteiger partial charge in [0.1, 0.15) is 5.01 Å². The molecule has 0 atom stereocenters. The van der Waals surface area contributed by atoms with Crippen molar-refractivity contribution in [3.05, 3.63) is 56.5 Å². The first kappa shape index (κ1) is 20.5. The molecule has 7 heteroatoms. The number of nitrogens with one attached hydrogen (secondary N) is 2. The maximum absolute atomic E-state index is 4.75. The third-order valence-electron chi connectivity index (χ3n) is 4.34. The van der Waals surface area contributed by atoms with E-state index in [0.717, 1.165) is 47.4 Å². The van der Waals surface area contributed by atoms with E-state index >= 15 is 0 Å². The maximum atomic E-state index is 4.75. The lowest BCUT2D eigenvalue weighted by atomic mass is 10.2. The van der Waals surface area contributed by atoms with Crippen molar-refractivity contribution >= 4 is 28.6 Å². The number of aliphatic imine (C=N–C) groups is 1. The van der Waals surface area contributed by atoms with Gasteiger partial charge in [-0.1, -0.05) is 30.3 Å². The third kappa shape index (κ3) is 5.39. The molecule has 0 aliphatic heterocycles. The van der Waals surface area contributed by atoms with E-state index in [1.807, 2.05) is 18.2 Å². The number of hydrogen-bond acceptors (Lipinski definition) is 5. The second-order valence-corrected chi connectivity index (χ2v) is 8.89. The molecule has 2 aromatic heterocycles. The minimum absolute atomic E-state index is 0.626. The summed E-state index contributed by atoms with van der Waals surface area (Å²) in [6, 6.07) is 10.3. The highest BCUT2D eigenvalue weighted by atomic mass is 32.1. The Bertz CT molecular complexity index is 908. The number of guanidine groups is 1. The molecule has 0 spiro atoms. The zero-order valence-electron chi connectivity index (χ0n) is 16.9. The van der Waals surface area contributed by atoms with Gasteiger partial charge in [-0.3, -0.25) is 0 Å². The normalized spacial score (nSPS) is 11.6. The van der Waals surface area contributed by atoms with Crippen molar-refractivity contribution in [2.24, 2.45) is 4.99 Å². The predicted octanol–water partition coefficient (Wildman–Crippen LogP) is 4.49. The Hall–Kier alpha value is -2.25. The molecule has 2 heterocycles. The average molecular weight is 414 g/mol. The van der Waals surface area contributed by atoms with Crippen LogP contribution in [-0.4, -0.2) is 29.0 Å². The SMILES string of the molecule is CCNC(=NCc1sc(-c2ccccc2)nc1C)NCCc1nc(C)c(C)s1. The molecule has 0 saturated carbocycles. The monoisotopic (exact) mass is 413 g/mol. The molecule has 3 rings (SSSR count). The highest BCUT2D eigenvalue weighted by Gasteiger charge is 2.09. The van der Waals surface area contributed by atoms with Gasteiger partial charge in [-0.05, 0) is 27.7 Å². The van der Waals surface area contributed by atoms with Crippen molar-refractivity contribution < 1.29 is 0 Å². The first-order valence-electron chi connectivity index (χ1n) is 9.53. The van der Waals surface area contributed by atoms with Crippen LogP contribution in [0.3, 0.4) is 0 Å². The molecule has 0 aliphatic carbocycles. The van der Waals surface area contributed by atoms with Gasteiger partial charge >= 0.3 is 0 Å². The van der Waals surface area contributed by atoms with Crippen LogP contribution in [0.25, 0.3) is 10.6 Å². The number of thiazole rings is 2. The van der Waals surface area contributed by atoms with E-state index in [4.69, 9.17) is 9.98 Å².